The topological polar surface area (TPSA) is 59.2 Å². The van der Waals surface area contributed by atoms with Crippen molar-refractivity contribution in [3.8, 4) is 11.5 Å². The molecule has 90 valence electrons. The van der Waals surface area contributed by atoms with Gasteiger partial charge in [-0.05, 0) is 18.6 Å². The molecule has 0 saturated heterocycles. The molecule has 0 aliphatic carbocycles. The van der Waals surface area contributed by atoms with Gasteiger partial charge in [-0.15, -0.1) is 0 Å². The van der Waals surface area contributed by atoms with Crippen LogP contribution in [0.3, 0.4) is 0 Å². The van der Waals surface area contributed by atoms with E-state index in [2.05, 4.69) is 10.1 Å². The fourth-order valence-corrected chi connectivity index (χ4v) is 1.92. The van der Waals surface area contributed by atoms with Crippen molar-refractivity contribution in [1.82, 2.24) is 10.1 Å². The number of hydrogen-bond acceptors (Lipinski definition) is 4. The van der Waals surface area contributed by atoms with Crippen molar-refractivity contribution in [2.45, 2.75) is 19.4 Å². The molecule has 1 aromatic heterocycles. The van der Waals surface area contributed by atoms with Gasteiger partial charge >= 0.3 is 0 Å². The van der Waals surface area contributed by atoms with Crippen LogP contribution in [0.4, 0.5) is 0 Å². The molecule has 0 spiro atoms. The number of aliphatic hydroxyl groups excluding tert-OH is 1. The van der Waals surface area contributed by atoms with Crippen molar-refractivity contribution in [1.29, 1.82) is 0 Å². The van der Waals surface area contributed by atoms with E-state index in [1.165, 1.54) is 0 Å². The summed E-state index contributed by atoms with van der Waals surface area (Å²) in [6.07, 6.45) is -0.233. The zero-order valence-electron chi connectivity index (χ0n) is 9.02. The molecular formula is C11H10Cl2N2O2. The molecule has 4 nitrogen and oxygen atoms in total. The third kappa shape index (κ3) is 2.44. The Kier molecular flexibility index (Phi) is 3.66. The predicted molar refractivity (Wildman–Crippen MR) is 65.0 cm³/mol. The fraction of sp³-hybridized carbons (Fsp3) is 0.273. The second-order valence-corrected chi connectivity index (χ2v) is 4.29. The molecule has 6 heteroatoms. The van der Waals surface area contributed by atoms with Crippen molar-refractivity contribution >= 4 is 23.2 Å². The zero-order valence-corrected chi connectivity index (χ0v) is 10.5. The highest BCUT2D eigenvalue weighted by Crippen LogP contribution is 2.33. The fourth-order valence-electron chi connectivity index (χ4n) is 1.36. The van der Waals surface area contributed by atoms with Gasteiger partial charge in [-0.2, -0.15) is 4.98 Å². The number of hydrogen-bond donors (Lipinski definition) is 1. The van der Waals surface area contributed by atoms with E-state index in [0.29, 0.717) is 22.0 Å². The molecule has 0 radical (unpaired) electrons. The third-order valence-electron chi connectivity index (χ3n) is 2.30. The lowest BCUT2D eigenvalue weighted by Crippen LogP contribution is -1.97. The summed E-state index contributed by atoms with van der Waals surface area (Å²) in [6.45, 7) is 1.82. The van der Waals surface area contributed by atoms with E-state index >= 15 is 0 Å². The van der Waals surface area contributed by atoms with Crippen molar-refractivity contribution < 1.29 is 9.63 Å². The first-order chi connectivity index (χ1) is 8.13. The Labute approximate surface area is 108 Å². The smallest absolute Gasteiger partial charge is 0.261 e. The molecule has 0 aliphatic rings. The Morgan fingerprint density at radius 2 is 2.00 bits per heavy atom. The lowest BCUT2D eigenvalue weighted by Gasteiger charge is -2.01. The number of rotatable bonds is 3. The molecule has 1 N–H and O–H groups in total. The average Bonchev–Trinajstić information content (AvgIpc) is 2.77. The van der Waals surface area contributed by atoms with Crippen LogP contribution >= 0.6 is 23.2 Å². The van der Waals surface area contributed by atoms with E-state index < -0.39 is 6.10 Å². The van der Waals surface area contributed by atoms with Crippen LogP contribution in [0.15, 0.2) is 22.7 Å². The van der Waals surface area contributed by atoms with Crippen molar-refractivity contribution in [3.05, 3.63) is 34.1 Å². The van der Waals surface area contributed by atoms with Gasteiger partial charge in [0.05, 0.1) is 15.6 Å². The summed E-state index contributed by atoms with van der Waals surface area (Å²) in [5.74, 6) is 0.446. The molecule has 0 saturated carbocycles. The highest BCUT2D eigenvalue weighted by atomic mass is 35.5. The summed E-state index contributed by atoms with van der Waals surface area (Å²) in [4.78, 5) is 4.08. The monoisotopic (exact) mass is 272 g/mol. The quantitative estimate of drug-likeness (QED) is 0.929. The molecule has 0 bridgehead atoms. The zero-order chi connectivity index (χ0) is 12.4. The van der Waals surface area contributed by atoms with E-state index in [1.807, 2.05) is 6.92 Å². The van der Waals surface area contributed by atoms with Crippen LogP contribution < -0.4 is 0 Å². The van der Waals surface area contributed by atoms with E-state index in [4.69, 9.17) is 27.7 Å². The average molecular weight is 273 g/mol. The third-order valence-corrected chi connectivity index (χ3v) is 2.93. The molecule has 0 aliphatic heterocycles. The van der Waals surface area contributed by atoms with E-state index in [9.17, 15) is 5.11 Å². The lowest BCUT2D eigenvalue weighted by atomic mass is 10.2. The molecule has 0 fully saturated rings. The largest absolute Gasteiger partial charge is 0.385 e. The second-order valence-electron chi connectivity index (χ2n) is 3.48. The summed E-state index contributed by atoms with van der Waals surface area (Å²) in [7, 11) is 0. The molecule has 1 atom stereocenters. The first-order valence-corrected chi connectivity index (χ1v) is 5.85. The van der Waals surface area contributed by atoms with E-state index in [-0.39, 0.29) is 11.7 Å². The molecule has 2 rings (SSSR count). The SMILES string of the molecule is CCC(O)c1noc(-c2c(Cl)cccc2Cl)n1. The van der Waals surface area contributed by atoms with Crippen molar-refractivity contribution in [2.24, 2.45) is 0 Å². The standard InChI is InChI=1S/C11H10Cl2N2O2/c1-2-8(16)10-14-11(17-15-10)9-6(12)4-3-5-7(9)13/h3-5,8,16H,2H2,1H3. The Morgan fingerprint density at radius 3 is 2.59 bits per heavy atom. The minimum atomic E-state index is -0.742. The molecule has 17 heavy (non-hydrogen) atoms. The van der Waals surface area contributed by atoms with Gasteiger partial charge in [-0.25, -0.2) is 0 Å². The van der Waals surface area contributed by atoms with Crippen LogP contribution in [0.25, 0.3) is 11.5 Å². The number of aromatic nitrogens is 2. The van der Waals surface area contributed by atoms with Crippen LogP contribution in [0.2, 0.25) is 10.0 Å². The van der Waals surface area contributed by atoms with Crippen molar-refractivity contribution in [2.75, 3.05) is 0 Å². The van der Waals surface area contributed by atoms with E-state index in [0.717, 1.165) is 0 Å². The summed E-state index contributed by atoms with van der Waals surface area (Å²) < 4.78 is 5.05. The molecule has 1 aromatic carbocycles. The molecule has 0 amide bonds. The van der Waals surface area contributed by atoms with Crippen LogP contribution in [0.5, 0.6) is 0 Å². The Morgan fingerprint density at radius 1 is 1.35 bits per heavy atom. The second kappa shape index (κ2) is 5.04. The van der Waals surface area contributed by atoms with Gasteiger partial charge < -0.3 is 9.63 Å². The lowest BCUT2D eigenvalue weighted by molar-refractivity contribution is 0.159. The summed E-state index contributed by atoms with van der Waals surface area (Å²) in [5, 5.41) is 14.1. The minimum absolute atomic E-state index is 0.211. The number of benzene rings is 1. The van der Waals surface area contributed by atoms with E-state index in [1.54, 1.807) is 18.2 Å². The van der Waals surface area contributed by atoms with Gasteiger partial charge in [0.2, 0.25) is 5.82 Å². The minimum Gasteiger partial charge on any atom is -0.385 e. The molecular weight excluding hydrogens is 263 g/mol. The van der Waals surface area contributed by atoms with Crippen molar-refractivity contribution in [3.63, 3.8) is 0 Å². The van der Waals surface area contributed by atoms with Crippen LogP contribution in [-0.2, 0) is 0 Å². The Balaban J connectivity index is 2.44. The first kappa shape index (κ1) is 12.4. The maximum absolute atomic E-state index is 9.58. The summed E-state index contributed by atoms with van der Waals surface area (Å²) in [6, 6.07) is 5.10. The number of halogens is 2. The first-order valence-electron chi connectivity index (χ1n) is 5.09. The number of aliphatic hydroxyl groups is 1. The van der Waals surface area contributed by atoms with Gasteiger partial charge in [0.25, 0.3) is 5.89 Å². The maximum Gasteiger partial charge on any atom is 0.261 e. The van der Waals surface area contributed by atoms with Gasteiger partial charge in [0.1, 0.15) is 6.10 Å². The number of nitrogens with zero attached hydrogens (tertiary/aromatic N) is 2. The normalized spacial score (nSPS) is 12.7. The summed E-state index contributed by atoms with van der Waals surface area (Å²) in [5.41, 5.74) is 0.484. The Bertz CT molecular complexity index is 508. The van der Waals surface area contributed by atoms with Crippen LogP contribution in [0.1, 0.15) is 25.3 Å². The summed E-state index contributed by atoms with van der Waals surface area (Å²) >= 11 is 12.0. The van der Waals surface area contributed by atoms with Gasteiger partial charge in [-0.3, -0.25) is 0 Å². The molecule has 1 heterocycles. The molecule has 2 aromatic rings. The van der Waals surface area contributed by atoms with Gasteiger partial charge in [-0.1, -0.05) is 41.3 Å². The maximum atomic E-state index is 9.58. The highest BCUT2D eigenvalue weighted by molar-refractivity contribution is 6.38. The Hall–Kier alpha value is -1.10. The van der Waals surface area contributed by atoms with Gasteiger partial charge in [0, 0.05) is 0 Å². The molecule has 1 unspecified atom stereocenters. The van der Waals surface area contributed by atoms with Crippen LogP contribution in [0, 0.1) is 0 Å². The van der Waals surface area contributed by atoms with Crippen LogP contribution in [-0.4, -0.2) is 15.2 Å². The highest BCUT2D eigenvalue weighted by Gasteiger charge is 2.18. The predicted octanol–water partition coefficient (Wildman–Crippen LogP) is 3.49. The van der Waals surface area contributed by atoms with Gasteiger partial charge in [0.15, 0.2) is 0 Å².